The zero-order chi connectivity index (χ0) is 7.11. The molecule has 0 saturated carbocycles. The molecule has 0 rings (SSSR count). The van der Waals surface area contributed by atoms with Crippen LogP contribution in [0.4, 0.5) is 0 Å². The molecule has 0 aromatic carbocycles. The van der Waals surface area contributed by atoms with E-state index in [1.165, 1.54) is 0 Å². The topological polar surface area (TPSA) is 24.7 Å². The highest BCUT2D eigenvalue weighted by Gasteiger charge is 2.01. The molecule has 1 unspecified atom stereocenters. The Morgan fingerprint density at radius 3 is 2.44 bits per heavy atom. The van der Waals surface area contributed by atoms with Crippen molar-refractivity contribution < 1.29 is 0 Å². The molecule has 1 atom stereocenters. The Hall–Kier alpha value is -0.335. The van der Waals surface area contributed by atoms with E-state index in [0.29, 0.717) is 5.94 Å². The Balaban J connectivity index is 3.41. The normalized spacial score (nSPS) is 14.1. The molecule has 0 aliphatic carbocycles. The van der Waals surface area contributed by atoms with Crippen LogP contribution in [0.15, 0.2) is 10.2 Å². The summed E-state index contributed by atoms with van der Waals surface area (Å²) < 4.78 is 0. The summed E-state index contributed by atoms with van der Waals surface area (Å²) in [5.74, 6) is 0.347. The fourth-order valence-corrected chi connectivity index (χ4v) is 0.716. The van der Waals surface area contributed by atoms with Gasteiger partial charge in [-0.15, -0.1) is 0 Å². The summed E-state index contributed by atoms with van der Waals surface area (Å²) in [5.41, 5.74) is 0. The smallest absolute Gasteiger partial charge is 0.145 e. The predicted octanol–water partition coefficient (Wildman–Crippen LogP) is 1.95. The van der Waals surface area contributed by atoms with Gasteiger partial charge in [0.05, 0.1) is 0 Å². The molecule has 0 aromatic rings. The third-order valence-electron chi connectivity index (χ3n) is 1.19. The highest BCUT2D eigenvalue weighted by atomic mass is 15.1. The number of hydrogen-bond acceptors (Lipinski definition) is 2. The lowest BCUT2D eigenvalue weighted by Crippen LogP contribution is -2.10. The first-order valence-electron chi connectivity index (χ1n) is 3.47. The fraction of sp³-hybridized carbons (Fsp3) is 1.00. The van der Waals surface area contributed by atoms with Gasteiger partial charge in [0, 0.05) is 13.0 Å². The zero-order valence-corrected chi connectivity index (χ0v) is 6.46. The summed E-state index contributed by atoms with van der Waals surface area (Å²) >= 11 is 0. The highest BCUT2D eigenvalue weighted by Crippen LogP contribution is 1.97. The molecule has 0 aliphatic rings. The van der Waals surface area contributed by atoms with Crippen LogP contribution in [-0.2, 0) is 0 Å². The molecule has 0 N–H and O–H groups in total. The van der Waals surface area contributed by atoms with Crippen LogP contribution < -0.4 is 0 Å². The lowest BCUT2D eigenvalue weighted by atomic mass is 9.66. The second-order valence-corrected chi connectivity index (χ2v) is 1.94. The Bertz CT molecular complexity index is 83.1. The zero-order valence-electron chi connectivity index (χ0n) is 6.46. The quantitative estimate of drug-likeness (QED) is 0.405. The first-order chi connectivity index (χ1) is 4.35. The van der Waals surface area contributed by atoms with Gasteiger partial charge >= 0.3 is 0 Å². The maximum Gasteiger partial charge on any atom is 0.145 e. The van der Waals surface area contributed by atoms with Gasteiger partial charge in [-0.1, -0.05) is 20.2 Å². The second kappa shape index (κ2) is 5.80. The van der Waals surface area contributed by atoms with Gasteiger partial charge in [-0.3, -0.25) is 0 Å². The number of azo groups is 1. The molecule has 0 bridgehead atoms. The van der Waals surface area contributed by atoms with E-state index in [1.807, 2.05) is 0 Å². The van der Waals surface area contributed by atoms with E-state index in [2.05, 4.69) is 31.4 Å². The van der Waals surface area contributed by atoms with Gasteiger partial charge in [-0.25, -0.2) is 5.11 Å². The average Bonchev–Trinajstić information content (AvgIpc) is 1.88. The van der Waals surface area contributed by atoms with Gasteiger partial charge in [0.2, 0.25) is 0 Å². The lowest BCUT2D eigenvalue weighted by molar-refractivity contribution is 0.785. The minimum Gasteiger partial charge on any atom is -0.200 e. The molecule has 9 heavy (non-hydrogen) atoms. The summed E-state index contributed by atoms with van der Waals surface area (Å²) in [6, 6.07) is 0. The van der Waals surface area contributed by atoms with E-state index in [9.17, 15) is 0 Å². The minimum atomic E-state index is 0.347. The minimum absolute atomic E-state index is 0.347. The van der Waals surface area contributed by atoms with Crippen molar-refractivity contribution in [3.63, 3.8) is 0 Å². The maximum atomic E-state index is 4.00. The van der Waals surface area contributed by atoms with Gasteiger partial charge < -0.3 is 0 Å². The third-order valence-corrected chi connectivity index (χ3v) is 1.19. The summed E-state index contributed by atoms with van der Waals surface area (Å²) in [5, 5.41) is 7.72. The standard InChI is InChI=1S/C6H14BN2/c1-4-6(7-5-2)9-8-3/h6H,4-5H2,1-3H3. The number of rotatable bonds is 4. The van der Waals surface area contributed by atoms with E-state index in [-0.39, 0.29) is 0 Å². The van der Waals surface area contributed by atoms with E-state index in [0.717, 1.165) is 12.7 Å². The van der Waals surface area contributed by atoms with Gasteiger partial charge in [0.15, 0.2) is 0 Å². The van der Waals surface area contributed by atoms with Gasteiger partial charge in [0.25, 0.3) is 0 Å². The van der Waals surface area contributed by atoms with Crippen LogP contribution in [0.2, 0.25) is 6.32 Å². The van der Waals surface area contributed by atoms with Crippen LogP contribution in [0.25, 0.3) is 0 Å². The van der Waals surface area contributed by atoms with Crippen LogP contribution in [0.1, 0.15) is 20.3 Å². The van der Waals surface area contributed by atoms with Crippen LogP contribution in [-0.4, -0.2) is 20.3 Å². The summed E-state index contributed by atoms with van der Waals surface area (Å²) in [7, 11) is 3.89. The molecule has 0 fully saturated rings. The van der Waals surface area contributed by atoms with Gasteiger partial charge in [-0.05, 0) is 6.42 Å². The molecule has 3 heteroatoms. The molecule has 1 radical (unpaired) electrons. The number of hydrogen-bond donors (Lipinski definition) is 0. The van der Waals surface area contributed by atoms with Crippen LogP contribution in [0.5, 0.6) is 0 Å². The van der Waals surface area contributed by atoms with Crippen molar-refractivity contribution >= 4 is 7.28 Å². The average molecular weight is 125 g/mol. The second-order valence-electron chi connectivity index (χ2n) is 1.94. The Morgan fingerprint density at radius 2 is 2.11 bits per heavy atom. The maximum absolute atomic E-state index is 4.00. The first kappa shape index (κ1) is 8.66. The van der Waals surface area contributed by atoms with Crippen molar-refractivity contribution in [2.24, 2.45) is 10.2 Å². The van der Waals surface area contributed by atoms with E-state index >= 15 is 0 Å². The predicted molar refractivity (Wildman–Crippen MR) is 41.1 cm³/mol. The van der Waals surface area contributed by atoms with E-state index < -0.39 is 0 Å². The van der Waals surface area contributed by atoms with Crippen LogP contribution in [0.3, 0.4) is 0 Å². The van der Waals surface area contributed by atoms with Crippen molar-refractivity contribution in [1.82, 2.24) is 0 Å². The van der Waals surface area contributed by atoms with E-state index in [4.69, 9.17) is 0 Å². The van der Waals surface area contributed by atoms with Crippen molar-refractivity contribution in [3.05, 3.63) is 0 Å². The number of nitrogens with zero attached hydrogens (tertiary/aromatic N) is 2. The third kappa shape index (κ3) is 4.19. The monoisotopic (exact) mass is 125 g/mol. The van der Waals surface area contributed by atoms with Crippen molar-refractivity contribution in [1.29, 1.82) is 0 Å². The molecule has 0 amide bonds. The molecule has 0 aromatic heterocycles. The van der Waals surface area contributed by atoms with Crippen molar-refractivity contribution in [3.8, 4) is 0 Å². The fourth-order valence-electron chi connectivity index (χ4n) is 0.716. The molecule has 2 nitrogen and oxygen atoms in total. The summed E-state index contributed by atoms with van der Waals surface area (Å²) in [6.07, 6.45) is 2.14. The van der Waals surface area contributed by atoms with Crippen molar-refractivity contribution in [2.75, 3.05) is 7.05 Å². The first-order valence-corrected chi connectivity index (χ1v) is 3.47. The Kier molecular flexibility index (Phi) is 5.58. The van der Waals surface area contributed by atoms with E-state index in [1.54, 1.807) is 7.05 Å². The summed E-state index contributed by atoms with van der Waals surface area (Å²) in [6.45, 7) is 4.24. The molecule has 0 heterocycles. The molecule has 51 valence electrons. The molecular weight excluding hydrogens is 111 g/mol. The Morgan fingerprint density at radius 1 is 1.44 bits per heavy atom. The largest absolute Gasteiger partial charge is 0.200 e. The molecule has 0 spiro atoms. The Labute approximate surface area is 58.0 Å². The van der Waals surface area contributed by atoms with Gasteiger partial charge in [0.1, 0.15) is 7.28 Å². The molecule has 0 aliphatic heterocycles. The highest BCUT2D eigenvalue weighted by molar-refractivity contribution is 6.37. The van der Waals surface area contributed by atoms with Gasteiger partial charge in [-0.2, -0.15) is 5.11 Å². The molecule has 0 saturated heterocycles. The molecular formula is C6H14BN2. The van der Waals surface area contributed by atoms with Crippen LogP contribution >= 0.6 is 0 Å². The SMILES string of the molecule is CC[B]C(CC)N=NC. The van der Waals surface area contributed by atoms with Crippen molar-refractivity contribution in [2.45, 2.75) is 32.5 Å². The van der Waals surface area contributed by atoms with Crippen LogP contribution in [0, 0.1) is 0 Å². The lowest BCUT2D eigenvalue weighted by Gasteiger charge is -2.02. The summed E-state index contributed by atoms with van der Waals surface area (Å²) in [4.78, 5) is 0.